The lowest BCUT2D eigenvalue weighted by atomic mass is 9.99. The van der Waals surface area contributed by atoms with Gasteiger partial charge in [-0.1, -0.05) is 30.4 Å². The Bertz CT molecular complexity index is 669. The number of esters is 1. The van der Waals surface area contributed by atoms with Crippen LogP contribution in [-0.2, 0) is 23.8 Å². The van der Waals surface area contributed by atoms with Gasteiger partial charge in [-0.05, 0) is 11.6 Å². The molecule has 0 aliphatic carbocycles. The van der Waals surface area contributed by atoms with Crippen LogP contribution in [0.1, 0.15) is 18.4 Å². The molecule has 1 aromatic carbocycles. The third kappa shape index (κ3) is 4.90. The minimum Gasteiger partial charge on any atom is -0.463 e. The van der Waals surface area contributed by atoms with Crippen LogP contribution in [0.15, 0.2) is 30.3 Å². The smallest absolute Gasteiger partial charge is 0.414 e. The first-order valence-corrected chi connectivity index (χ1v) is 7.87. The van der Waals surface area contributed by atoms with Crippen molar-refractivity contribution >= 4 is 29.6 Å². The molecule has 0 bridgehead atoms. The Morgan fingerprint density at radius 3 is 2.60 bits per heavy atom. The van der Waals surface area contributed by atoms with E-state index in [1.165, 1.54) is 19.1 Å². The van der Waals surface area contributed by atoms with E-state index in [1.807, 2.05) is 18.2 Å². The maximum absolute atomic E-state index is 12.2. The van der Waals surface area contributed by atoms with Crippen molar-refractivity contribution in [3.63, 3.8) is 0 Å². The van der Waals surface area contributed by atoms with E-state index in [4.69, 9.17) is 14.2 Å². The van der Waals surface area contributed by atoms with Gasteiger partial charge in [0.05, 0.1) is 25.4 Å². The van der Waals surface area contributed by atoms with Crippen LogP contribution >= 0.6 is 0 Å². The van der Waals surface area contributed by atoms with Gasteiger partial charge in [-0.25, -0.2) is 4.79 Å². The molecule has 0 saturated heterocycles. The first-order valence-electron chi connectivity index (χ1n) is 7.87. The quantitative estimate of drug-likeness (QED) is 0.427. The molecular formula is C18H21NO6. The zero-order valence-corrected chi connectivity index (χ0v) is 14.3. The lowest BCUT2D eigenvalue weighted by Crippen LogP contribution is -2.42. The Labute approximate surface area is 146 Å². The van der Waals surface area contributed by atoms with Crippen molar-refractivity contribution < 1.29 is 28.6 Å². The summed E-state index contributed by atoms with van der Waals surface area (Å²) in [5, 5.41) is 0. The van der Waals surface area contributed by atoms with Crippen molar-refractivity contribution in [2.24, 2.45) is 0 Å². The summed E-state index contributed by atoms with van der Waals surface area (Å²) < 4.78 is 14.5. The van der Waals surface area contributed by atoms with E-state index < -0.39 is 18.1 Å². The molecule has 2 rings (SSSR count). The lowest BCUT2D eigenvalue weighted by Gasteiger charge is -2.32. The topological polar surface area (TPSA) is 82.1 Å². The maximum Gasteiger partial charge on any atom is 0.414 e. The predicted molar refractivity (Wildman–Crippen MR) is 91.2 cm³/mol. The molecule has 0 spiro atoms. The van der Waals surface area contributed by atoms with E-state index in [0.717, 1.165) is 5.56 Å². The molecule has 25 heavy (non-hydrogen) atoms. The SMILES string of the molecule is COCCOC(=O)CC(=O)CC1C=Cc2ccccc2N1C(=O)OC. The second-order valence-corrected chi connectivity index (χ2v) is 5.46. The first kappa shape index (κ1) is 18.7. The van der Waals surface area contributed by atoms with Crippen LogP contribution in [0.2, 0.25) is 0 Å². The molecule has 1 heterocycles. The molecule has 1 aliphatic heterocycles. The van der Waals surface area contributed by atoms with Crippen molar-refractivity contribution in [1.82, 2.24) is 0 Å². The standard InChI is InChI=1S/C18H21NO6/c1-23-9-10-25-17(21)12-15(20)11-14-8-7-13-5-3-4-6-16(13)19(14)18(22)24-2/h3-8,14H,9-12H2,1-2H3. The summed E-state index contributed by atoms with van der Waals surface area (Å²) in [4.78, 5) is 37.4. The van der Waals surface area contributed by atoms with Gasteiger partial charge in [-0.15, -0.1) is 0 Å². The Morgan fingerprint density at radius 2 is 1.88 bits per heavy atom. The molecule has 0 N–H and O–H groups in total. The summed E-state index contributed by atoms with van der Waals surface area (Å²) in [6.07, 6.45) is 2.71. The van der Waals surface area contributed by atoms with Crippen molar-refractivity contribution in [1.29, 1.82) is 0 Å². The summed E-state index contributed by atoms with van der Waals surface area (Å²) in [5.74, 6) is -0.919. The van der Waals surface area contributed by atoms with Crippen LogP contribution < -0.4 is 4.90 Å². The number of rotatable bonds is 7. The summed E-state index contributed by atoms with van der Waals surface area (Å²) in [6, 6.07) is 6.81. The zero-order chi connectivity index (χ0) is 18.2. The van der Waals surface area contributed by atoms with E-state index in [1.54, 1.807) is 18.2 Å². The molecule has 0 fully saturated rings. The Kier molecular flexibility index (Phi) is 6.71. The molecule has 0 aromatic heterocycles. The number of nitrogens with zero attached hydrogens (tertiary/aromatic N) is 1. The second kappa shape index (κ2) is 8.98. The summed E-state index contributed by atoms with van der Waals surface area (Å²) in [7, 11) is 2.78. The fraction of sp³-hybridized carbons (Fsp3) is 0.389. The van der Waals surface area contributed by atoms with Gasteiger partial charge in [0, 0.05) is 13.5 Å². The fourth-order valence-corrected chi connectivity index (χ4v) is 2.58. The fourth-order valence-electron chi connectivity index (χ4n) is 2.58. The molecular weight excluding hydrogens is 326 g/mol. The van der Waals surface area contributed by atoms with Gasteiger partial charge in [0.15, 0.2) is 0 Å². The van der Waals surface area contributed by atoms with Crippen LogP contribution in [0.3, 0.4) is 0 Å². The monoisotopic (exact) mass is 347 g/mol. The highest BCUT2D eigenvalue weighted by atomic mass is 16.6. The van der Waals surface area contributed by atoms with Gasteiger partial charge < -0.3 is 14.2 Å². The molecule has 1 aromatic rings. The molecule has 1 amide bonds. The second-order valence-electron chi connectivity index (χ2n) is 5.46. The Morgan fingerprint density at radius 1 is 1.12 bits per heavy atom. The van der Waals surface area contributed by atoms with Crippen LogP contribution in [-0.4, -0.2) is 51.3 Å². The molecule has 1 atom stereocenters. The molecule has 7 heteroatoms. The molecule has 1 aliphatic rings. The van der Waals surface area contributed by atoms with Gasteiger partial charge in [0.25, 0.3) is 0 Å². The van der Waals surface area contributed by atoms with Crippen LogP contribution in [0.5, 0.6) is 0 Å². The van der Waals surface area contributed by atoms with Gasteiger partial charge in [0.1, 0.15) is 18.8 Å². The van der Waals surface area contributed by atoms with E-state index >= 15 is 0 Å². The van der Waals surface area contributed by atoms with E-state index in [9.17, 15) is 14.4 Å². The highest BCUT2D eigenvalue weighted by Crippen LogP contribution is 2.30. The lowest BCUT2D eigenvalue weighted by molar-refractivity contribution is -0.147. The summed E-state index contributed by atoms with van der Waals surface area (Å²) >= 11 is 0. The van der Waals surface area contributed by atoms with Crippen molar-refractivity contribution in [3.05, 3.63) is 35.9 Å². The number of Topliss-reactive ketones (excluding diaryl/α,β-unsaturated/α-hetero) is 1. The van der Waals surface area contributed by atoms with Crippen LogP contribution in [0.25, 0.3) is 6.08 Å². The molecule has 0 radical (unpaired) electrons. The number of carbonyl (C=O) groups is 3. The zero-order valence-electron chi connectivity index (χ0n) is 14.3. The average Bonchev–Trinajstić information content (AvgIpc) is 2.61. The number of hydrogen-bond acceptors (Lipinski definition) is 6. The van der Waals surface area contributed by atoms with E-state index in [2.05, 4.69) is 0 Å². The number of amides is 1. The van der Waals surface area contributed by atoms with Gasteiger partial charge in [0.2, 0.25) is 0 Å². The molecule has 134 valence electrons. The predicted octanol–water partition coefficient (Wildman–Crippen LogP) is 2.19. The number of hydrogen-bond donors (Lipinski definition) is 0. The molecule has 1 unspecified atom stereocenters. The number of para-hydroxylation sites is 1. The van der Waals surface area contributed by atoms with E-state index in [-0.39, 0.29) is 31.8 Å². The number of benzene rings is 1. The summed E-state index contributed by atoms with van der Waals surface area (Å²) in [5.41, 5.74) is 1.52. The highest BCUT2D eigenvalue weighted by molar-refractivity contribution is 5.98. The number of methoxy groups -OCH3 is 2. The minimum atomic E-state index is -0.605. The molecule has 0 saturated carbocycles. The Hall–Kier alpha value is -2.67. The number of fused-ring (bicyclic) bond motifs is 1. The van der Waals surface area contributed by atoms with Crippen molar-refractivity contribution in [2.45, 2.75) is 18.9 Å². The third-order valence-corrected chi connectivity index (χ3v) is 3.73. The van der Waals surface area contributed by atoms with Crippen LogP contribution in [0, 0.1) is 0 Å². The third-order valence-electron chi connectivity index (χ3n) is 3.73. The maximum atomic E-state index is 12.2. The van der Waals surface area contributed by atoms with Gasteiger partial charge >= 0.3 is 12.1 Å². The largest absolute Gasteiger partial charge is 0.463 e. The van der Waals surface area contributed by atoms with Gasteiger partial charge in [-0.3, -0.25) is 14.5 Å². The first-order chi connectivity index (χ1) is 12.1. The minimum absolute atomic E-state index is 0.000682. The number of carbonyl (C=O) groups excluding carboxylic acids is 3. The van der Waals surface area contributed by atoms with Crippen molar-refractivity contribution in [3.8, 4) is 0 Å². The Balaban J connectivity index is 2.04. The number of ketones is 1. The van der Waals surface area contributed by atoms with Crippen molar-refractivity contribution in [2.75, 3.05) is 32.3 Å². The highest BCUT2D eigenvalue weighted by Gasteiger charge is 2.30. The van der Waals surface area contributed by atoms with Gasteiger partial charge in [-0.2, -0.15) is 0 Å². The number of ether oxygens (including phenoxy) is 3. The van der Waals surface area contributed by atoms with E-state index in [0.29, 0.717) is 5.69 Å². The average molecular weight is 347 g/mol. The number of anilines is 1. The van der Waals surface area contributed by atoms with Crippen LogP contribution in [0.4, 0.5) is 10.5 Å². The molecule has 7 nitrogen and oxygen atoms in total. The summed E-state index contributed by atoms with van der Waals surface area (Å²) in [6.45, 7) is 0.381. The normalized spacial score (nSPS) is 15.4.